The first-order valence-corrected chi connectivity index (χ1v) is 9.51. The van der Waals surface area contributed by atoms with E-state index in [4.69, 9.17) is 0 Å². The van der Waals surface area contributed by atoms with Gasteiger partial charge in [0.15, 0.2) is 0 Å². The molecule has 2 heterocycles. The van der Waals surface area contributed by atoms with Crippen LogP contribution in [0, 0.1) is 5.92 Å². The SMILES string of the molecule is CCc1ccc(S(=O)(=O)NCC2CC(=O)N(C(C)C)C2)s1. The van der Waals surface area contributed by atoms with Crippen LogP contribution in [0.3, 0.4) is 0 Å². The molecule has 5 nitrogen and oxygen atoms in total. The van der Waals surface area contributed by atoms with Crippen LogP contribution in [0.5, 0.6) is 0 Å². The Morgan fingerprint density at radius 3 is 2.67 bits per heavy atom. The zero-order chi connectivity index (χ0) is 15.6. The highest BCUT2D eigenvalue weighted by molar-refractivity contribution is 7.91. The number of hydrogen-bond acceptors (Lipinski definition) is 4. The predicted octanol–water partition coefficient (Wildman–Crippen LogP) is 1.85. The minimum atomic E-state index is -3.45. The first-order chi connectivity index (χ1) is 9.83. The van der Waals surface area contributed by atoms with Crippen molar-refractivity contribution in [1.29, 1.82) is 0 Å². The molecular weight excluding hydrogens is 308 g/mol. The number of hydrogen-bond donors (Lipinski definition) is 1. The van der Waals surface area contributed by atoms with Gasteiger partial charge in [0.25, 0.3) is 0 Å². The van der Waals surface area contributed by atoms with Crippen LogP contribution in [-0.4, -0.2) is 38.4 Å². The summed E-state index contributed by atoms with van der Waals surface area (Å²) in [6.07, 6.45) is 1.26. The van der Waals surface area contributed by atoms with Crippen LogP contribution in [0.25, 0.3) is 0 Å². The van der Waals surface area contributed by atoms with Crippen LogP contribution in [0.4, 0.5) is 0 Å². The number of rotatable bonds is 6. The number of nitrogens with zero attached hydrogens (tertiary/aromatic N) is 1. The normalized spacial score (nSPS) is 19.7. The van der Waals surface area contributed by atoms with Gasteiger partial charge < -0.3 is 4.90 Å². The van der Waals surface area contributed by atoms with Crippen molar-refractivity contribution < 1.29 is 13.2 Å². The lowest BCUT2D eigenvalue weighted by Gasteiger charge is -2.21. The van der Waals surface area contributed by atoms with Gasteiger partial charge in [-0.3, -0.25) is 4.79 Å². The summed E-state index contributed by atoms with van der Waals surface area (Å²) in [6.45, 7) is 6.89. The molecule has 1 unspecified atom stereocenters. The van der Waals surface area contributed by atoms with E-state index < -0.39 is 10.0 Å². The third kappa shape index (κ3) is 3.84. The van der Waals surface area contributed by atoms with Gasteiger partial charge in [0.2, 0.25) is 15.9 Å². The average Bonchev–Trinajstić information content (AvgIpc) is 3.03. The molecule has 2 rings (SSSR count). The molecule has 1 amide bonds. The Morgan fingerprint density at radius 1 is 1.43 bits per heavy atom. The third-order valence-corrected chi connectivity index (χ3v) is 6.82. The smallest absolute Gasteiger partial charge is 0.250 e. The molecule has 0 spiro atoms. The Morgan fingerprint density at radius 2 is 2.14 bits per heavy atom. The maximum atomic E-state index is 12.2. The van der Waals surface area contributed by atoms with E-state index in [9.17, 15) is 13.2 Å². The molecule has 1 aliphatic rings. The van der Waals surface area contributed by atoms with Crippen molar-refractivity contribution in [2.45, 2.75) is 43.9 Å². The Balaban J connectivity index is 1.95. The summed E-state index contributed by atoms with van der Waals surface area (Å²) >= 11 is 1.30. The summed E-state index contributed by atoms with van der Waals surface area (Å²) in [5.41, 5.74) is 0. The van der Waals surface area contributed by atoms with Crippen molar-refractivity contribution in [3.8, 4) is 0 Å². The number of nitrogens with one attached hydrogen (secondary N) is 1. The summed E-state index contributed by atoms with van der Waals surface area (Å²) in [4.78, 5) is 14.7. The molecule has 0 radical (unpaired) electrons. The van der Waals surface area contributed by atoms with E-state index in [2.05, 4.69) is 4.72 Å². The van der Waals surface area contributed by atoms with E-state index in [1.807, 2.05) is 26.8 Å². The van der Waals surface area contributed by atoms with Crippen molar-refractivity contribution in [1.82, 2.24) is 9.62 Å². The second-order valence-electron chi connectivity index (χ2n) is 5.64. The summed E-state index contributed by atoms with van der Waals surface area (Å²) in [7, 11) is -3.45. The van der Waals surface area contributed by atoms with E-state index in [0.717, 1.165) is 11.3 Å². The minimum Gasteiger partial charge on any atom is -0.340 e. The van der Waals surface area contributed by atoms with Gasteiger partial charge in [-0.1, -0.05) is 6.92 Å². The van der Waals surface area contributed by atoms with Crippen molar-refractivity contribution in [3.63, 3.8) is 0 Å². The van der Waals surface area contributed by atoms with Gasteiger partial charge in [-0.15, -0.1) is 11.3 Å². The maximum absolute atomic E-state index is 12.2. The fourth-order valence-corrected chi connectivity index (χ4v) is 4.89. The number of aryl methyl sites for hydroxylation is 1. The summed E-state index contributed by atoms with van der Waals surface area (Å²) < 4.78 is 27.4. The third-order valence-electron chi connectivity index (χ3n) is 3.67. The van der Waals surface area contributed by atoms with Crippen LogP contribution in [0.15, 0.2) is 16.3 Å². The van der Waals surface area contributed by atoms with E-state index >= 15 is 0 Å². The molecule has 1 aliphatic heterocycles. The van der Waals surface area contributed by atoms with Gasteiger partial charge in [-0.25, -0.2) is 13.1 Å². The lowest BCUT2D eigenvalue weighted by molar-refractivity contribution is -0.129. The van der Waals surface area contributed by atoms with Crippen LogP contribution in [-0.2, 0) is 21.2 Å². The van der Waals surface area contributed by atoms with E-state index in [1.165, 1.54) is 11.3 Å². The van der Waals surface area contributed by atoms with Gasteiger partial charge in [-0.2, -0.15) is 0 Å². The van der Waals surface area contributed by atoms with Crippen molar-refractivity contribution in [3.05, 3.63) is 17.0 Å². The van der Waals surface area contributed by atoms with Gasteiger partial charge >= 0.3 is 0 Å². The van der Waals surface area contributed by atoms with Gasteiger partial charge in [0, 0.05) is 30.4 Å². The number of carbonyl (C=O) groups is 1. The van der Waals surface area contributed by atoms with Crippen LogP contribution in [0.1, 0.15) is 32.1 Å². The Hall–Kier alpha value is -0.920. The highest BCUT2D eigenvalue weighted by atomic mass is 32.2. The highest BCUT2D eigenvalue weighted by Gasteiger charge is 2.32. The summed E-state index contributed by atoms with van der Waals surface area (Å²) in [5.74, 6) is 0.166. The molecule has 1 N–H and O–H groups in total. The molecule has 1 aromatic rings. The van der Waals surface area contributed by atoms with Gasteiger partial charge in [0.05, 0.1) is 0 Å². The average molecular weight is 330 g/mol. The monoisotopic (exact) mass is 330 g/mol. The summed E-state index contributed by atoms with van der Waals surface area (Å²) in [5, 5.41) is 0. The van der Waals surface area contributed by atoms with Crippen molar-refractivity contribution in [2.24, 2.45) is 5.92 Å². The molecule has 118 valence electrons. The van der Waals surface area contributed by atoms with Crippen molar-refractivity contribution >= 4 is 27.3 Å². The zero-order valence-corrected chi connectivity index (χ0v) is 14.3. The molecule has 1 fully saturated rings. The maximum Gasteiger partial charge on any atom is 0.250 e. The molecule has 0 aromatic carbocycles. The Kier molecular flexibility index (Phi) is 5.06. The molecule has 1 atom stereocenters. The molecule has 21 heavy (non-hydrogen) atoms. The quantitative estimate of drug-likeness (QED) is 0.865. The van der Waals surface area contributed by atoms with Crippen LogP contribution >= 0.6 is 11.3 Å². The fourth-order valence-electron chi connectivity index (χ4n) is 2.44. The van der Waals surface area contributed by atoms with Crippen LogP contribution in [0.2, 0.25) is 0 Å². The molecule has 1 saturated heterocycles. The lowest BCUT2D eigenvalue weighted by atomic mass is 10.1. The predicted molar refractivity (Wildman–Crippen MR) is 83.8 cm³/mol. The number of likely N-dealkylation sites (tertiary alicyclic amines) is 1. The molecule has 0 aliphatic carbocycles. The largest absolute Gasteiger partial charge is 0.340 e. The lowest BCUT2D eigenvalue weighted by Crippen LogP contribution is -2.34. The van der Waals surface area contributed by atoms with E-state index in [0.29, 0.717) is 23.7 Å². The second kappa shape index (κ2) is 6.46. The molecule has 7 heteroatoms. The standard InChI is InChI=1S/C14H22N2O3S2/c1-4-12-5-6-14(20-12)21(18,19)15-8-11-7-13(17)16(9-11)10(2)3/h5-6,10-11,15H,4,7-9H2,1-3H3. The Labute approximate surface area is 130 Å². The number of amides is 1. The van der Waals surface area contributed by atoms with E-state index in [-0.39, 0.29) is 17.9 Å². The molecular formula is C14H22N2O3S2. The van der Waals surface area contributed by atoms with E-state index in [1.54, 1.807) is 11.0 Å². The van der Waals surface area contributed by atoms with Gasteiger partial charge in [0.1, 0.15) is 4.21 Å². The second-order valence-corrected chi connectivity index (χ2v) is 8.80. The minimum absolute atomic E-state index is 0.0558. The number of thiophene rings is 1. The number of sulfonamides is 1. The highest BCUT2D eigenvalue weighted by Crippen LogP contribution is 2.23. The topological polar surface area (TPSA) is 66.5 Å². The Bertz CT molecular complexity index is 607. The number of carbonyl (C=O) groups excluding carboxylic acids is 1. The van der Waals surface area contributed by atoms with Crippen molar-refractivity contribution in [2.75, 3.05) is 13.1 Å². The van der Waals surface area contributed by atoms with Gasteiger partial charge in [-0.05, 0) is 38.3 Å². The first-order valence-electron chi connectivity index (χ1n) is 7.21. The first kappa shape index (κ1) is 16.5. The summed E-state index contributed by atoms with van der Waals surface area (Å²) in [6, 6.07) is 3.66. The zero-order valence-electron chi connectivity index (χ0n) is 12.6. The molecule has 0 bridgehead atoms. The fraction of sp³-hybridized carbons (Fsp3) is 0.643. The van der Waals surface area contributed by atoms with Crippen LogP contribution < -0.4 is 4.72 Å². The molecule has 0 saturated carbocycles. The molecule has 1 aromatic heterocycles.